The fourth-order valence-electron chi connectivity index (χ4n) is 4.73. The summed E-state index contributed by atoms with van der Waals surface area (Å²) in [6.07, 6.45) is 2.55. The number of sulfonamides is 2. The third-order valence-electron chi connectivity index (χ3n) is 6.79. The Kier molecular flexibility index (Phi) is 7.38. The molecular weight excluding hydrogens is 542 g/mol. The third-order valence-corrected chi connectivity index (χ3v) is 11.1. The first kappa shape index (κ1) is 26.2. The molecular formula is C24H28ClN3O7S2. The molecule has 10 nitrogen and oxygen atoms in total. The molecule has 2 aromatic carbocycles. The molecule has 3 aliphatic heterocycles. The summed E-state index contributed by atoms with van der Waals surface area (Å²) in [7, 11) is -7.62. The Morgan fingerprint density at radius 3 is 2.08 bits per heavy atom. The van der Waals surface area contributed by atoms with Crippen molar-refractivity contribution in [2.24, 2.45) is 0 Å². The Labute approximate surface area is 221 Å². The van der Waals surface area contributed by atoms with E-state index in [-0.39, 0.29) is 52.5 Å². The number of hydrogen-bond donors (Lipinski definition) is 0. The minimum atomic E-state index is -3.82. The minimum Gasteiger partial charge on any atom is -0.486 e. The predicted octanol–water partition coefficient (Wildman–Crippen LogP) is 2.43. The highest BCUT2D eigenvalue weighted by molar-refractivity contribution is 7.89. The topological polar surface area (TPSA) is 114 Å². The predicted molar refractivity (Wildman–Crippen MR) is 136 cm³/mol. The number of nitrogens with zero attached hydrogens (tertiary/aromatic N) is 3. The van der Waals surface area contributed by atoms with Crippen LogP contribution in [0.1, 0.15) is 29.6 Å². The molecule has 0 atom stereocenters. The van der Waals surface area contributed by atoms with Crippen LogP contribution < -0.4 is 9.47 Å². The number of carbonyl (C=O) groups excluding carboxylic acids is 1. The zero-order valence-electron chi connectivity index (χ0n) is 20.1. The molecule has 1 amide bonds. The maximum absolute atomic E-state index is 13.2. The van der Waals surface area contributed by atoms with Crippen molar-refractivity contribution >= 4 is 37.6 Å². The van der Waals surface area contributed by atoms with Crippen molar-refractivity contribution in [1.29, 1.82) is 0 Å². The lowest BCUT2D eigenvalue weighted by atomic mass is 10.2. The highest BCUT2D eigenvalue weighted by atomic mass is 35.5. The van der Waals surface area contributed by atoms with E-state index in [1.165, 1.54) is 43.8 Å². The number of fused-ring (bicyclic) bond motifs is 1. The van der Waals surface area contributed by atoms with Crippen LogP contribution >= 0.6 is 11.6 Å². The van der Waals surface area contributed by atoms with Crippen LogP contribution in [0, 0.1) is 0 Å². The third kappa shape index (κ3) is 5.17. The van der Waals surface area contributed by atoms with Gasteiger partial charge in [-0.3, -0.25) is 4.79 Å². The molecule has 0 saturated carbocycles. The van der Waals surface area contributed by atoms with Crippen molar-refractivity contribution in [3.05, 3.63) is 47.0 Å². The van der Waals surface area contributed by atoms with Gasteiger partial charge in [0.2, 0.25) is 20.0 Å². The van der Waals surface area contributed by atoms with Gasteiger partial charge in [-0.15, -0.1) is 0 Å². The largest absolute Gasteiger partial charge is 0.486 e. The average Bonchev–Trinajstić information content (AvgIpc) is 2.93. The first-order valence-corrected chi connectivity index (χ1v) is 15.4. The summed E-state index contributed by atoms with van der Waals surface area (Å²) >= 11 is 6.24. The van der Waals surface area contributed by atoms with Crippen LogP contribution in [0.25, 0.3) is 0 Å². The number of piperazine rings is 1. The van der Waals surface area contributed by atoms with Crippen molar-refractivity contribution < 1.29 is 31.1 Å². The van der Waals surface area contributed by atoms with Crippen molar-refractivity contribution in [2.45, 2.75) is 29.1 Å². The van der Waals surface area contributed by atoms with Gasteiger partial charge in [-0.1, -0.05) is 18.0 Å². The van der Waals surface area contributed by atoms with E-state index in [9.17, 15) is 21.6 Å². The number of piperidine rings is 1. The Morgan fingerprint density at radius 1 is 0.730 bits per heavy atom. The number of ether oxygens (including phenoxy) is 2. The normalized spacial score (nSPS) is 19.5. The zero-order valence-corrected chi connectivity index (χ0v) is 22.5. The molecule has 0 aromatic heterocycles. The molecule has 2 saturated heterocycles. The summed E-state index contributed by atoms with van der Waals surface area (Å²) in [5.41, 5.74) is 0.197. The minimum absolute atomic E-state index is 0.0671. The molecule has 0 unspecified atom stereocenters. The molecule has 0 radical (unpaired) electrons. The molecule has 13 heteroatoms. The van der Waals surface area contributed by atoms with E-state index in [1.807, 2.05) is 0 Å². The second kappa shape index (κ2) is 10.4. The van der Waals surface area contributed by atoms with Crippen molar-refractivity contribution in [1.82, 2.24) is 13.5 Å². The van der Waals surface area contributed by atoms with Crippen molar-refractivity contribution in [2.75, 3.05) is 52.5 Å². The van der Waals surface area contributed by atoms with Crippen LogP contribution in [-0.4, -0.2) is 88.7 Å². The van der Waals surface area contributed by atoms with E-state index in [0.29, 0.717) is 37.8 Å². The molecule has 2 aromatic rings. The number of rotatable bonds is 5. The molecule has 0 N–H and O–H groups in total. The van der Waals surface area contributed by atoms with Gasteiger partial charge < -0.3 is 14.4 Å². The highest BCUT2D eigenvalue weighted by Crippen LogP contribution is 2.33. The quantitative estimate of drug-likeness (QED) is 0.543. The summed E-state index contributed by atoms with van der Waals surface area (Å²) < 4.78 is 66.4. The number of hydrogen-bond acceptors (Lipinski definition) is 7. The maximum Gasteiger partial charge on any atom is 0.253 e. The second-order valence-corrected chi connectivity index (χ2v) is 13.4. The first-order chi connectivity index (χ1) is 17.7. The second-order valence-electron chi connectivity index (χ2n) is 9.11. The molecule has 5 rings (SSSR count). The summed E-state index contributed by atoms with van der Waals surface area (Å²) in [5.74, 6) is 0.521. The molecule has 3 heterocycles. The Morgan fingerprint density at radius 2 is 1.38 bits per heavy atom. The number of amides is 1. The van der Waals surface area contributed by atoms with Gasteiger partial charge in [0.05, 0.1) is 9.92 Å². The van der Waals surface area contributed by atoms with Crippen LogP contribution in [0.3, 0.4) is 0 Å². The van der Waals surface area contributed by atoms with Crippen LogP contribution in [0.15, 0.2) is 46.2 Å². The van der Waals surface area contributed by atoms with Crippen molar-refractivity contribution in [3.8, 4) is 11.5 Å². The van der Waals surface area contributed by atoms with Gasteiger partial charge in [0, 0.05) is 50.9 Å². The van der Waals surface area contributed by atoms with E-state index >= 15 is 0 Å². The molecule has 0 bridgehead atoms. The fraction of sp³-hybridized carbons (Fsp3) is 0.458. The van der Waals surface area contributed by atoms with Gasteiger partial charge in [-0.05, 0) is 43.2 Å². The van der Waals surface area contributed by atoms with Gasteiger partial charge in [-0.2, -0.15) is 8.61 Å². The monoisotopic (exact) mass is 569 g/mol. The standard InChI is InChI=1S/C24H28ClN3O7S2/c25-20-6-4-18(16-23(20)37(32,33)27-8-2-1-3-9-27)24(29)26-10-12-28(13-11-26)36(30,31)19-5-7-21-22(17-19)35-15-14-34-21/h4-7,16-17H,1-3,8-15H2. The Hall–Kier alpha value is -2.38. The van der Waals surface area contributed by atoms with Gasteiger partial charge in [0.15, 0.2) is 11.5 Å². The molecule has 37 heavy (non-hydrogen) atoms. The number of carbonyl (C=O) groups is 1. The molecule has 2 fully saturated rings. The van der Waals surface area contributed by atoms with Crippen LogP contribution in [-0.2, 0) is 20.0 Å². The number of benzene rings is 2. The lowest BCUT2D eigenvalue weighted by molar-refractivity contribution is 0.0697. The van der Waals surface area contributed by atoms with E-state index in [0.717, 1.165) is 19.3 Å². The SMILES string of the molecule is O=C(c1ccc(Cl)c(S(=O)(=O)N2CCCCC2)c1)N1CCN(S(=O)(=O)c2ccc3c(c2)OCCO3)CC1. The Bertz CT molecular complexity index is 1400. The summed E-state index contributed by atoms with van der Waals surface area (Å²) in [6, 6.07) is 8.77. The molecule has 200 valence electrons. The highest BCUT2D eigenvalue weighted by Gasteiger charge is 2.33. The van der Waals surface area contributed by atoms with E-state index in [4.69, 9.17) is 21.1 Å². The average molecular weight is 570 g/mol. The van der Waals surface area contributed by atoms with E-state index in [1.54, 1.807) is 6.07 Å². The molecule has 0 spiro atoms. The van der Waals surface area contributed by atoms with Gasteiger partial charge in [0.1, 0.15) is 18.1 Å². The number of halogens is 1. The summed E-state index contributed by atoms with van der Waals surface area (Å²) in [4.78, 5) is 14.8. The molecule has 0 aliphatic carbocycles. The van der Waals surface area contributed by atoms with E-state index < -0.39 is 20.0 Å². The summed E-state index contributed by atoms with van der Waals surface area (Å²) in [6.45, 7) is 2.16. The lowest BCUT2D eigenvalue weighted by Gasteiger charge is -2.34. The van der Waals surface area contributed by atoms with Gasteiger partial charge >= 0.3 is 0 Å². The Balaban J connectivity index is 1.29. The van der Waals surface area contributed by atoms with Crippen molar-refractivity contribution in [3.63, 3.8) is 0 Å². The van der Waals surface area contributed by atoms with Gasteiger partial charge in [-0.25, -0.2) is 16.8 Å². The smallest absolute Gasteiger partial charge is 0.253 e. The maximum atomic E-state index is 13.2. The summed E-state index contributed by atoms with van der Waals surface area (Å²) in [5, 5.41) is 0.0671. The van der Waals surface area contributed by atoms with E-state index in [2.05, 4.69) is 0 Å². The van der Waals surface area contributed by atoms with Crippen LogP contribution in [0.5, 0.6) is 11.5 Å². The molecule has 3 aliphatic rings. The van der Waals surface area contributed by atoms with Crippen LogP contribution in [0.4, 0.5) is 0 Å². The van der Waals surface area contributed by atoms with Gasteiger partial charge in [0.25, 0.3) is 5.91 Å². The van der Waals surface area contributed by atoms with Crippen LogP contribution in [0.2, 0.25) is 5.02 Å². The fourth-order valence-corrected chi connectivity index (χ4v) is 8.18. The zero-order chi connectivity index (χ0) is 26.2. The first-order valence-electron chi connectivity index (χ1n) is 12.2. The lowest BCUT2D eigenvalue weighted by Crippen LogP contribution is -2.50.